The first-order chi connectivity index (χ1) is 10.2. The van der Waals surface area contributed by atoms with Crippen molar-refractivity contribution in [3.8, 4) is 0 Å². The summed E-state index contributed by atoms with van der Waals surface area (Å²) in [6.07, 6.45) is 1.70. The lowest BCUT2D eigenvalue weighted by molar-refractivity contribution is -0.00430. The van der Waals surface area contributed by atoms with Gasteiger partial charge in [-0.25, -0.2) is 4.39 Å². The molecule has 21 heavy (non-hydrogen) atoms. The minimum absolute atomic E-state index is 0.0848. The van der Waals surface area contributed by atoms with Gasteiger partial charge >= 0.3 is 0 Å². The second kappa shape index (κ2) is 5.65. The maximum Gasteiger partial charge on any atom is 0.257 e. The average molecular weight is 289 g/mol. The summed E-state index contributed by atoms with van der Waals surface area (Å²) in [5, 5.41) is 6.90. The molecule has 0 bridgehead atoms. The molecule has 1 aromatic heterocycles. The van der Waals surface area contributed by atoms with Crippen molar-refractivity contribution >= 4 is 5.91 Å². The first kappa shape index (κ1) is 13.8. The molecule has 5 nitrogen and oxygen atoms in total. The van der Waals surface area contributed by atoms with Crippen LogP contribution in [-0.2, 0) is 4.74 Å². The summed E-state index contributed by atoms with van der Waals surface area (Å²) in [5.74, 6) is -0.829. The Balaban J connectivity index is 1.93. The van der Waals surface area contributed by atoms with Gasteiger partial charge in [0.05, 0.1) is 36.7 Å². The van der Waals surface area contributed by atoms with E-state index in [1.54, 1.807) is 23.2 Å². The lowest BCUT2D eigenvalue weighted by Crippen LogP contribution is -2.44. The number of carbonyl (C=O) groups is 1. The lowest BCUT2D eigenvalue weighted by Gasteiger charge is -2.35. The van der Waals surface area contributed by atoms with Crippen LogP contribution in [0.2, 0.25) is 0 Å². The summed E-state index contributed by atoms with van der Waals surface area (Å²) in [6, 6.07) is 5.76. The number of aromatic nitrogens is 2. The second-order valence-electron chi connectivity index (χ2n) is 5.04. The highest BCUT2D eigenvalue weighted by molar-refractivity contribution is 5.94. The van der Waals surface area contributed by atoms with E-state index in [4.69, 9.17) is 4.74 Å². The molecule has 1 fully saturated rings. The maximum absolute atomic E-state index is 13.8. The van der Waals surface area contributed by atoms with E-state index in [9.17, 15) is 9.18 Å². The summed E-state index contributed by atoms with van der Waals surface area (Å²) < 4.78 is 19.3. The van der Waals surface area contributed by atoms with Crippen LogP contribution in [0.3, 0.4) is 0 Å². The zero-order valence-corrected chi connectivity index (χ0v) is 11.7. The molecule has 1 aliphatic heterocycles. The Morgan fingerprint density at radius 1 is 1.48 bits per heavy atom. The molecule has 0 aliphatic carbocycles. The van der Waals surface area contributed by atoms with Crippen LogP contribution in [0, 0.1) is 12.7 Å². The summed E-state index contributed by atoms with van der Waals surface area (Å²) in [7, 11) is 0. The number of rotatable bonds is 2. The van der Waals surface area contributed by atoms with Crippen molar-refractivity contribution in [2.75, 3.05) is 19.8 Å². The van der Waals surface area contributed by atoms with Crippen LogP contribution < -0.4 is 0 Å². The Morgan fingerprint density at radius 2 is 2.29 bits per heavy atom. The van der Waals surface area contributed by atoms with E-state index in [0.29, 0.717) is 19.8 Å². The highest BCUT2D eigenvalue weighted by Gasteiger charge is 2.32. The molecule has 2 heterocycles. The minimum Gasteiger partial charge on any atom is -0.377 e. The molecule has 0 unspecified atom stereocenters. The number of morpholine rings is 1. The Morgan fingerprint density at radius 3 is 3.00 bits per heavy atom. The summed E-state index contributed by atoms with van der Waals surface area (Å²) in [4.78, 5) is 14.3. The van der Waals surface area contributed by atoms with Crippen molar-refractivity contribution < 1.29 is 13.9 Å². The molecule has 1 aromatic carbocycles. The number of amides is 1. The minimum atomic E-state index is -0.505. The molecule has 0 spiro atoms. The molecule has 3 rings (SSSR count). The molecule has 6 heteroatoms. The van der Waals surface area contributed by atoms with Gasteiger partial charge in [0.25, 0.3) is 5.91 Å². The van der Waals surface area contributed by atoms with Crippen molar-refractivity contribution in [3.63, 3.8) is 0 Å². The van der Waals surface area contributed by atoms with Crippen LogP contribution in [-0.4, -0.2) is 40.8 Å². The molecule has 1 aliphatic rings. The Hall–Kier alpha value is -2.21. The van der Waals surface area contributed by atoms with E-state index < -0.39 is 5.82 Å². The Labute approximate surface area is 121 Å². The molecule has 1 amide bonds. The van der Waals surface area contributed by atoms with E-state index in [0.717, 1.165) is 11.3 Å². The molecular formula is C15H16FN3O2. The number of halogens is 1. The molecule has 0 radical (unpaired) electrons. The summed E-state index contributed by atoms with van der Waals surface area (Å²) in [5.41, 5.74) is 1.87. The summed E-state index contributed by atoms with van der Waals surface area (Å²) >= 11 is 0. The standard InChI is InChI=1S/C15H16FN3O2/c1-10-8-17-18-14(10)13-9-21-7-6-19(13)15(20)11-4-2-3-5-12(11)16/h2-5,8,13H,6-7,9H2,1H3,(H,17,18)/t13-/m0/s1. The monoisotopic (exact) mass is 289 g/mol. The van der Waals surface area contributed by atoms with Gasteiger partial charge in [-0.3, -0.25) is 9.89 Å². The predicted octanol–water partition coefficient (Wildman–Crippen LogP) is 2.07. The normalized spacial score (nSPS) is 18.8. The average Bonchev–Trinajstić information content (AvgIpc) is 2.93. The molecule has 110 valence electrons. The first-order valence-corrected chi connectivity index (χ1v) is 6.81. The zero-order chi connectivity index (χ0) is 14.8. The van der Waals surface area contributed by atoms with E-state index in [1.165, 1.54) is 12.1 Å². The number of nitrogens with zero attached hydrogens (tertiary/aromatic N) is 2. The van der Waals surface area contributed by atoms with Crippen molar-refractivity contribution in [1.82, 2.24) is 15.1 Å². The van der Waals surface area contributed by atoms with Gasteiger partial charge in [-0.05, 0) is 24.6 Å². The number of carbonyl (C=O) groups excluding carboxylic acids is 1. The van der Waals surface area contributed by atoms with Gasteiger partial charge in [-0.2, -0.15) is 5.10 Å². The zero-order valence-electron chi connectivity index (χ0n) is 11.7. The third-order valence-electron chi connectivity index (χ3n) is 3.69. The predicted molar refractivity (Wildman–Crippen MR) is 74.3 cm³/mol. The van der Waals surface area contributed by atoms with E-state index in [1.807, 2.05) is 6.92 Å². The van der Waals surface area contributed by atoms with E-state index in [-0.39, 0.29) is 17.5 Å². The molecule has 1 N–H and O–H groups in total. The van der Waals surface area contributed by atoms with Gasteiger partial charge in [-0.15, -0.1) is 0 Å². The van der Waals surface area contributed by atoms with Gasteiger partial charge in [0.15, 0.2) is 0 Å². The molecule has 1 saturated heterocycles. The third kappa shape index (κ3) is 2.54. The molecular weight excluding hydrogens is 273 g/mol. The fraction of sp³-hybridized carbons (Fsp3) is 0.333. The number of aromatic amines is 1. The van der Waals surface area contributed by atoms with E-state index in [2.05, 4.69) is 10.2 Å². The van der Waals surface area contributed by atoms with Crippen LogP contribution >= 0.6 is 0 Å². The largest absolute Gasteiger partial charge is 0.377 e. The molecule has 1 atom stereocenters. The fourth-order valence-corrected chi connectivity index (χ4v) is 2.57. The Kier molecular flexibility index (Phi) is 3.70. The number of nitrogens with one attached hydrogen (secondary N) is 1. The van der Waals surface area contributed by atoms with E-state index >= 15 is 0 Å². The Bertz CT molecular complexity index is 656. The van der Waals surface area contributed by atoms with Gasteiger partial charge in [-0.1, -0.05) is 12.1 Å². The number of aryl methyl sites for hydroxylation is 1. The van der Waals surface area contributed by atoms with Gasteiger partial charge < -0.3 is 9.64 Å². The van der Waals surface area contributed by atoms with Crippen LogP contribution in [0.15, 0.2) is 30.5 Å². The number of hydrogen-bond donors (Lipinski definition) is 1. The van der Waals surface area contributed by atoms with Crippen LogP contribution in [0.5, 0.6) is 0 Å². The molecule has 0 saturated carbocycles. The van der Waals surface area contributed by atoms with Crippen molar-refractivity contribution in [2.24, 2.45) is 0 Å². The number of benzene rings is 1. The fourth-order valence-electron chi connectivity index (χ4n) is 2.57. The SMILES string of the molecule is Cc1cn[nH]c1[C@@H]1COCCN1C(=O)c1ccccc1F. The highest BCUT2D eigenvalue weighted by atomic mass is 19.1. The van der Waals surface area contributed by atoms with Gasteiger partial charge in [0.2, 0.25) is 0 Å². The highest BCUT2D eigenvalue weighted by Crippen LogP contribution is 2.27. The third-order valence-corrected chi connectivity index (χ3v) is 3.69. The number of H-pyrrole nitrogens is 1. The number of hydrogen-bond acceptors (Lipinski definition) is 3. The van der Waals surface area contributed by atoms with Crippen LogP contribution in [0.1, 0.15) is 27.7 Å². The van der Waals surface area contributed by atoms with Crippen molar-refractivity contribution in [3.05, 3.63) is 53.1 Å². The lowest BCUT2D eigenvalue weighted by atomic mass is 10.1. The van der Waals surface area contributed by atoms with Gasteiger partial charge in [0.1, 0.15) is 5.82 Å². The first-order valence-electron chi connectivity index (χ1n) is 6.81. The smallest absolute Gasteiger partial charge is 0.257 e. The van der Waals surface area contributed by atoms with Crippen LogP contribution in [0.4, 0.5) is 4.39 Å². The van der Waals surface area contributed by atoms with Crippen LogP contribution in [0.25, 0.3) is 0 Å². The maximum atomic E-state index is 13.8. The quantitative estimate of drug-likeness (QED) is 0.920. The van der Waals surface area contributed by atoms with Gasteiger partial charge in [0, 0.05) is 6.54 Å². The van der Waals surface area contributed by atoms with Crippen molar-refractivity contribution in [1.29, 1.82) is 0 Å². The second-order valence-corrected chi connectivity index (χ2v) is 5.04. The van der Waals surface area contributed by atoms with Crippen molar-refractivity contribution in [2.45, 2.75) is 13.0 Å². The number of ether oxygens (including phenoxy) is 1. The topological polar surface area (TPSA) is 58.2 Å². The molecule has 2 aromatic rings. The summed E-state index contributed by atoms with van der Waals surface area (Å²) in [6.45, 7) is 3.17.